The highest BCUT2D eigenvalue weighted by Crippen LogP contribution is 2.17. The third-order valence-corrected chi connectivity index (χ3v) is 3.97. The number of hydrogen-bond donors (Lipinski definition) is 1. The average Bonchev–Trinajstić information content (AvgIpc) is 2.75. The van der Waals surface area contributed by atoms with Gasteiger partial charge in [-0.2, -0.15) is 0 Å². The van der Waals surface area contributed by atoms with Gasteiger partial charge in [-0.05, 0) is 44.6 Å². The van der Waals surface area contributed by atoms with Crippen molar-refractivity contribution in [2.75, 3.05) is 27.2 Å². The van der Waals surface area contributed by atoms with Crippen LogP contribution in [0.4, 0.5) is 0 Å². The second-order valence-corrected chi connectivity index (χ2v) is 5.45. The molecule has 1 aliphatic heterocycles. The molecular formula is C15H25N3. The molecule has 1 aromatic rings. The maximum Gasteiger partial charge on any atom is 0.0234 e. The van der Waals surface area contributed by atoms with Crippen molar-refractivity contribution in [3.05, 3.63) is 35.4 Å². The summed E-state index contributed by atoms with van der Waals surface area (Å²) in [7, 11) is 4.44. The molecule has 3 nitrogen and oxygen atoms in total. The molecule has 18 heavy (non-hydrogen) atoms. The second-order valence-electron chi connectivity index (χ2n) is 5.45. The number of nitrogens with zero attached hydrogens (tertiary/aromatic N) is 2. The van der Waals surface area contributed by atoms with Gasteiger partial charge in [0.2, 0.25) is 0 Å². The monoisotopic (exact) mass is 247 g/mol. The van der Waals surface area contributed by atoms with E-state index in [0.717, 1.165) is 19.1 Å². The molecule has 1 aliphatic rings. The normalized spacial score (nSPS) is 20.8. The van der Waals surface area contributed by atoms with Crippen molar-refractivity contribution in [1.29, 1.82) is 0 Å². The zero-order valence-electron chi connectivity index (χ0n) is 11.6. The molecule has 0 aliphatic carbocycles. The molecule has 1 atom stereocenters. The average molecular weight is 247 g/mol. The van der Waals surface area contributed by atoms with E-state index in [2.05, 4.69) is 48.2 Å². The maximum atomic E-state index is 5.79. The van der Waals surface area contributed by atoms with Crippen LogP contribution in [-0.2, 0) is 13.1 Å². The van der Waals surface area contributed by atoms with Gasteiger partial charge in [-0.1, -0.05) is 24.3 Å². The van der Waals surface area contributed by atoms with E-state index in [1.54, 1.807) is 0 Å². The van der Waals surface area contributed by atoms with E-state index >= 15 is 0 Å². The molecule has 0 amide bonds. The summed E-state index contributed by atoms with van der Waals surface area (Å²) < 4.78 is 0. The van der Waals surface area contributed by atoms with Crippen LogP contribution in [0, 0.1) is 0 Å². The number of rotatable bonds is 5. The molecule has 1 saturated heterocycles. The third kappa shape index (κ3) is 3.31. The Balaban J connectivity index is 1.92. The van der Waals surface area contributed by atoms with Crippen LogP contribution in [0.2, 0.25) is 0 Å². The molecule has 100 valence electrons. The lowest BCUT2D eigenvalue weighted by atomic mass is 10.1. The summed E-state index contributed by atoms with van der Waals surface area (Å²) in [6.07, 6.45) is 2.67. The molecule has 0 saturated carbocycles. The lowest BCUT2D eigenvalue weighted by molar-refractivity contribution is 0.215. The summed E-state index contributed by atoms with van der Waals surface area (Å²) >= 11 is 0. The van der Waals surface area contributed by atoms with Gasteiger partial charge in [0, 0.05) is 25.7 Å². The number of likely N-dealkylation sites (N-methyl/N-ethyl adjacent to an activating group) is 2. The largest absolute Gasteiger partial charge is 0.326 e. The Bertz CT molecular complexity index is 378. The van der Waals surface area contributed by atoms with Crippen molar-refractivity contribution >= 4 is 0 Å². The van der Waals surface area contributed by atoms with Gasteiger partial charge in [0.15, 0.2) is 0 Å². The molecule has 1 fully saturated rings. The first-order valence-corrected chi connectivity index (χ1v) is 6.86. The number of hydrogen-bond acceptors (Lipinski definition) is 3. The molecule has 3 heteroatoms. The van der Waals surface area contributed by atoms with E-state index in [1.807, 2.05) is 0 Å². The van der Waals surface area contributed by atoms with E-state index < -0.39 is 0 Å². The Kier molecular flexibility index (Phi) is 4.75. The quantitative estimate of drug-likeness (QED) is 0.859. The number of nitrogens with two attached hydrogens (primary N) is 1. The molecule has 0 aromatic heterocycles. The Morgan fingerprint density at radius 2 is 2.06 bits per heavy atom. The van der Waals surface area contributed by atoms with Crippen LogP contribution in [0.1, 0.15) is 24.0 Å². The zero-order valence-corrected chi connectivity index (χ0v) is 11.6. The molecule has 2 N–H and O–H groups in total. The van der Waals surface area contributed by atoms with Crippen LogP contribution in [0.3, 0.4) is 0 Å². The molecule has 2 rings (SSSR count). The summed E-state index contributed by atoms with van der Waals surface area (Å²) in [5.41, 5.74) is 8.42. The van der Waals surface area contributed by atoms with Crippen molar-refractivity contribution < 1.29 is 0 Å². The van der Waals surface area contributed by atoms with Crippen molar-refractivity contribution in [2.24, 2.45) is 5.73 Å². The van der Waals surface area contributed by atoms with E-state index in [0.29, 0.717) is 6.54 Å². The van der Waals surface area contributed by atoms with Crippen molar-refractivity contribution in [3.8, 4) is 0 Å². The zero-order chi connectivity index (χ0) is 13.0. The lowest BCUT2D eigenvalue weighted by Gasteiger charge is -2.26. The first-order chi connectivity index (χ1) is 8.70. The topological polar surface area (TPSA) is 32.5 Å². The van der Waals surface area contributed by atoms with Crippen LogP contribution >= 0.6 is 0 Å². The van der Waals surface area contributed by atoms with E-state index in [4.69, 9.17) is 5.73 Å². The molecular weight excluding hydrogens is 222 g/mol. The van der Waals surface area contributed by atoms with Crippen LogP contribution in [0.15, 0.2) is 24.3 Å². The summed E-state index contributed by atoms with van der Waals surface area (Å²) in [4.78, 5) is 4.90. The highest BCUT2D eigenvalue weighted by atomic mass is 15.2. The smallest absolute Gasteiger partial charge is 0.0234 e. The second kappa shape index (κ2) is 6.32. The van der Waals surface area contributed by atoms with Crippen molar-refractivity contribution in [1.82, 2.24) is 9.80 Å². The van der Waals surface area contributed by atoms with Crippen LogP contribution in [0.25, 0.3) is 0 Å². The van der Waals surface area contributed by atoms with E-state index in [1.165, 1.54) is 30.5 Å². The molecule has 1 aromatic carbocycles. The van der Waals surface area contributed by atoms with Gasteiger partial charge in [0.25, 0.3) is 0 Å². The lowest BCUT2D eigenvalue weighted by Crippen LogP contribution is -2.36. The molecule has 1 heterocycles. The van der Waals surface area contributed by atoms with Gasteiger partial charge in [0.1, 0.15) is 0 Å². The Hall–Kier alpha value is -0.900. The first kappa shape index (κ1) is 13.5. The van der Waals surface area contributed by atoms with Gasteiger partial charge in [-0.15, -0.1) is 0 Å². The van der Waals surface area contributed by atoms with Gasteiger partial charge in [-0.3, -0.25) is 0 Å². The summed E-state index contributed by atoms with van der Waals surface area (Å²) in [6, 6.07) is 9.21. The standard InChI is InChI=1S/C15H25N3/c1-17(12-15-8-5-9-18(15)2)11-14-7-4-3-6-13(14)10-16/h3-4,6-7,15H,5,8-12,16H2,1-2H3. The minimum absolute atomic E-state index is 0.632. The van der Waals surface area contributed by atoms with Gasteiger partial charge in [-0.25, -0.2) is 0 Å². The summed E-state index contributed by atoms with van der Waals surface area (Å²) in [5, 5.41) is 0. The van der Waals surface area contributed by atoms with Gasteiger partial charge < -0.3 is 15.5 Å². The number of likely N-dealkylation sites (tertiary alicyclic amines) is 1. The van der Waals surface area contributed by atoms with Crippen LogP contribution < -0.4 is 5.73 Å². The minimum atomic E-state index is 0.632. The molecule has 1 unspecified atom stereocenters. The van der Waals surface area contributed by atoms with Gasteiger partial charge >= 0.3 is 0 Å². The maximum absolute atomic E-state index is 5.79. The fraction of sp³-hybridized carbons (Fsp3) is 0.600. The van der Waals surface area contributed by atoms with E-state index in [-0.39, 0.29) is 0 Å². The summed E-state index contributed by atoms with van der Waals surface area (Å²) in [5.74, 6) is 0. The summed E-state index contributed by atoms with van der Waals surface area (Å²) in [6.45, 7) is 4.03. The fourth-order valence-electron chi connectivity index (χ4n) is 2.84. The Labute approximate surface area is 111 Å². The van der Waals surface area contributed by atoms with Crippen LogP contribution in [0.5, 0.6) is 0 Å². The third-order valence-electron chi connectivity index (χ3n) is 3.97. The predicted octanol–water partition coefficient (Wildman–Crippen LogP) is 1.67. The fourth-order valence-corrected chi connectivity index (χ4v) is 2.84. The van der Waals surface area contributed by atoms with Gasteiger partial charge in [0.05, 0.1) is 0 Å². The van der Waals surface area contributed by atoms with E-state index in [9.17, 15) is 0 Å². The first-order valence-electron chi connectivity index (χ1n) is 6.86. The molecule has 0 bridgehead atoms. The predicted molar refractivity (Wildman–Crippen MR) is 76.3 cm³/mol. The number of benzene rings is 1. The van der Waals surface area contributed by atoms with Crippen molar-refractivity contribution in [3.63, 3.8) is 0 Å². The molecule has 0 radical (unpaired) electrons. The molecule has 0 spiro atoms. The minimum Gasteiger partial charge on any atom is -0.326 e. The Morgan fingerprint density at radius 1 is 1.33 bits per heavy atom. The van der Waals surface area contributed by atoms with Crippen molar-refractivity contribution in [2.45, 2.75) is 32.0 Å². The Morgan fingerprint density at radius 3 is 2.67 bits per heavy atom. The van der Waals surface area contributed by atoms with Crippen LogP contribution in [-0.4, -0.2) is 43.0 Å². The highest BCUT2D eigenvalue weighted by molar-refractivity contribution is 5.26. The SMILES string of the molecule is CN(Cc1ccccc1CN)CC1CCCN1C. The highest BCUT2D eigenvalue weighted by Gasteiger charge is 2.22.